The van der Waals surface area contributed by atoms with Gasteiger partial charge in [-0.25, -0.2) is 4.39 Å². The maximum atomic E-state index is 13.1. The van der Waals surface area contributed by atoms with Crippen LogP contribution in [0.5, 0.6) is 0 Å². The highest BCUT2D eigenvalue weighted by atomic mass is 19.1. The van der Waals surface area contributed by atoms with Crippen LogP contribution in [0.3, 0.4) is 0 Å². The van der Waals surface area contributed by atoms with Gasteiger partial charge in [0.05, 0.1) is 12.7 Å². The number of hydrogen-bond acceptors (Lipinski definition) is 2. The summed E-state index contributed by atoms with van der Waals surface area (Å²) >= 11 is 0. The first-order valence-electron chi connectivity index (χ1n) is 7.32. The molecule has 0 saturated heterocycles. The lowest BCUT2D eigenvalue weighted by atomic mass is 9.85. The van der Waals surface area contributed by atoms with Crippen LogP contribution in [0.15, 0.2) is 18.2 Å². The molecule has 2 nitrogen and oxygen atoms in total. The van der Waals surface area contributed by atoms with Gasteiger partial charge < -0.3 is 10.5 Å². The molecule has 0 amide bonds. The van der Waals surface area contributed by atoms with Gasteiger partial charge in [0.25, 0.3) is 0 Å². The molecule has 1 aromatic rings. The van der Waals surface area contributed by atoms with Gasteiger partial charge in [-0.2, -0.15) is 0 Å². The summed E-state index contributed by atoms with van der Waals surface area (Å²) in [6, 6.07) is 4.78. The fraction of sp³-hybridized carbons (Fsp3) is 0.625. The summed E-state index contributed by atoms with van der Waals surface area (Å²) in [5.74, 6) is 0.578. The van der Waals surface area contributed by atoms with Gasteiger partial charge in [0, 0.05) is 6.54 Å². The third-order valence-electron chi connectivity index (χ3n) is 4.17. The van der Waals surface area contributed by atoms with Crippen LogP contribution in [0.25, 0.3) is 0 Å². The summed E-state index contributed by atoms with van der Waals surface area (Å²) in [6.07, 6.45) is 6.50. The molecule has 2 unspecified atom stereocenters. The Morgan fingerprint density at radius 3 is 2.89 bits per heavy atom. The van der Waals surface area contributed by atoms with Crippen molar-refractivity contribution in [1.29, 1.82) is 0 Å². The highest BCUT2D eigenvalue weighted by Crippen LogP contribution is 2.29. The standard InChI is InChI=1S/C16H24FNO/c1-2-12-4-3-5-16(8-12)19-11-13-6-7-15(17)9-14(13)10-18/h6-7,9,12,16H,2-5,8,10-11,18H2,1H3. The highest BCUT2D eigenvalue weighted by molar-refractivity contribution is 5.27. The maximum absolute atomic E-state index is 13.1. The van der Waals surface area contributed by atoms with E-state index in [-0.39, 0.29) is 5.82 Å². The van der Waals surface area contributed by atoms with Gasteiger partial charge in [0.15, 0.2) is 0 Å². The molecule has 19 heavy (non-hydrogen) atoms. The van der Waals surface area contributed by atoms with E-state index in [9.17, 15) is 4.39 Å². The first kappa shape index (κ1) is 14.5. The topological polar surface area (TPSA) is 35.2 Å². The smallest absolute Gasteiger partial charge is 0.123 e. The number of ether oxygens (including phenoxy) is 1. The third-order valence-corrected chi connectivity index (χ3v) is 4.17. The Balaban J connectivity index is 1.91. The Bertz CT molecular complexity index is 408. The van der Waals surface area contributed by atoms with Crippen LogP contribution in [-0.2, 0) is 17.9 Å². The molecule has 2 N–H and O–H groups in total. The van der Waals surface area contributed by atoms with Crippen molar-refractivity contribution in [2.75, 3.05) is 0 Å². The molecule has 2 atom stereocenters. The zero-order chi connectivity index (χ0) is 13.7. The van der Waals surface area contributed by atoms with Gasteiger partial charge in [-0.3, -0.25) is 0 Å². The lowest BCUT2D eigenvalue weighted by Gasteiger charge is -2.28. The van der Waals surface area contributed by atoms with E-state index in [4.69, 9.17) is 10.5 Å². The Hall–Kier alpha value is -0.930. The number of halogens is 1. The largest absolute Gasteiger partial charge is 0.374 e. The van der Waals surface area contributed by atoms with E-state index in [0.717, 1.165) is 29.9 Å². The van der Waals surface area contributed by atoms with Crippen molar-refractivity contribution < 1.29 is 9.13 Å². The van der Waals surface area contributed by atoms with Crippen LogP contribution >= 0.6 is 0 Å². The van der Waals surface area contributed by atoms with E-state index in [1.54, 1.807) is 6.07 Å². The van der Waals surface area contributed by atoms with E-state index in [1.807, 2.05) is 0 Å². The van der Waals surface area contributed by atoms with Gasteiger partial charge in [0.2, 0.25) is 0 Å². The van der Waals surface area contributed by atoms with Crippen LogP contribution in [0, 0.1) is 11.7 Å². The molecule has 0 radical (unpaired) electrons. The highest BCUT2D eigenvalue weighted by Gasteiger charge is 2.21. The first-order chi connectivity index (χ1) is 9.22. The first-order valence-corrected chi connectivity index (χ1v) is 7.32. The Morgan fingerprint density at radius 2 is 2.16 bits per heavy atom. The monoisotopic (exact) mass is 265 g/mol. The average molecular weight is 265 g/mol. The molecule has 106 valence electrons. The van der Waals surface area contributed by atoms with Crippen molar-refractivity contribution in [2.45, 2.75) is 58.3 Å². The molecule has 1 aliphatic carbocycles. The predicted molar refractivity (Wildman–Crippen MR) is 75.1 cm³/mol. The summed E-state index contributed by atoms with van der Waals surface area (Å²) in [7, 11) is 0. The minimum Gasteiger partial charge on any atom is -0.374 e. The summed E-state index contributed by atoms with van der Waals surface area (Å²) in [5.41, 5.74) is 7.52. The molecule has 1 aromatic carbocycles. The summed E-state index contributed by atoms with van der Waals surface area (Å²) in [4.78, 5) is 0. The van der Waals surface area contributed by atoms with Gasteiger partial charge in [-0.15, -0.1) is 0 Å². The molecular weight excluding hydrogens is 241 g/mol. The minimum absolute atomic E-state index is 0.229. The second kappa shape index (κ2) is 7.01. The van der Waals surface area contributed by atoms with E-state index in [0.29, 0.717) is 19.3 Å². The van der Waals surface area contributed by atoms with Gasteiger partial charge in [-0.05, 0) is 42.0 Å². The zero-order valence-corrected chi connectivity index (χ0v) is 11.7. The molecule has 2 rings (SSSR count). The number of rotatable bonds is 5. The lowest BCUT2D eigenvalue weighted by molar-refractivity contribution is 0.00148. The zero-order valence-electron chi connectivity index (χ0n) is 11.7. The minimum atomic E-state index is -0.229. The molecular formula is C16H24FNO. The van der Waals surface area contributed by atoms with Crippen molar-refractivity contribution >= 4 is 0 Å². The van der Waals surface area contributed by atoms with Crippen molar-refractivity contribution in [3.05, 3.63) is 35.1 Å². The van der Waals surface area contributed by atoms with Crippen LogP contribution in [0.1, 0.15) is 50.2 Å². The second-order valence-electron chi connectivity index (χ2n) is 5.49. The van der Waals surface area contributed by atoms with E-state index in [1.165, 1.54) is 31.4 Å². The quantitative estimate of drug-likeness (QED) is 0.879. The number of nitrogens with two attached hydrogens (primary N) is 1. The van der Waals surface area contributed by atoms with Crippen molar-refractivity contribution in [3.8, 4) is 0 Å². The molecule has 1 aliphatic rings. The molecule has 1 saturated carbocycles. The van der Waals surface area contributed by atoms with Crippen LogP contribution in [0.4, 0.5) is 4.39 Å². The second-order valence-corrected chi connectivity index (χ2v) is 5.49. The molecule has 0 heterocycles. The van der Waals surface area contributed by atoms with Crippen molar-refractivity contribution in [1.82, 2.24) is 0 Å². The number of benzene rings is 1. The van der Waals surface area contributed by atoms with Crippen LogP contribution in [0.2, 0.25) is 0 Å². The molecule has 1 fully saturated rings. The number of hydrogen-bond donors (Lipinski definition) is 1. The average Bonchev–Trinajstić information content (AvgIpc) is 2.46. The normalized spacial score (nSPS) is 23.5. The summed E-state index contributed by atoms with van der Waals surface area (Å²) in [6.45, 7) is 3.16. The van der Waals surface area contributed by atoms with Gasteiger partial charge in [-0.1, -0.05) is 32.3 Å². The fourth-order valence-corrected chi connectivity index (χ4v) is 2.90. The van der Waals surface area contributed by atoms with E-state index in [2.05, 4.69) is 6.92 Å². The Morgan fingerprint density at radius 1 is 1.32 bits per heavy atom. The van der Waals surface area contributed by atoms with Gasteiger partial charge in [0.1, 0.15) is 5.82 Å². The summed E-state index contributed by atoms with van der Waals surface area (Å²) in [5, 5.41) is 0. The van der Waals surface area contributed by atoms with Crippen LogP contribution < -0.4 is 5.73 Å². The maximum Gasteiger partial charge on any atom is 0.123 e. The lowest BCUT2D eigenvalue weighted by Crippen LogP contribution is -2.22. The van der Waals surface area contributed by atoms with E-state index < -0.39 is 0 Å². The molecule has 0 aromatic heterocycles. The molecule has 0 aliphatic heterocycles. The Labute approximate surface area is 115 Å². The van der Waals surface area contributed by atoms with Crippen molar-refractivity contribution in [3.63, 3.8) is 0 Å². The Kier molecular flexibility index (Phi) is 5.34. The molecule has 0 bridgehead atoms. The fourth-order valence-electron chi connectivity index (χ4n) is 2.90. The molecule has 0 spiro atoms. The van der Waals surface area contributed by atoms with Crippen molar-refractivity contribution in [2.24, 2.45) is 11.7 Å². The van der Waals surface area contributed by atoms with Gasteiger partial charge >= 0.3 is 0 Å². The summed E-state index contributed by atoms with van der Waals surface area (Å²) < 4.78 is 19.1. The van der Waals surface area contributed by atoms with Crippen LogP contribution in [-0.4, -0.2) is 6.10 Å². The van der Waals surface area contributed by atoms with E-state index >= 15 is 0 Å². The third kappa shape index (κ3) is 4.02. The molecule has 3 heteroatoms. The SMILES string of the molecule is CCC1CCCC(OCc2ccc(F)cc2CN)C1. The predicted octanol–water partition coefficient (Wildman–Crippen LogP) is 3.77.